The summed E-state index contributed by atoms with van der Waals surface area (Å²) < 4.78 is 0. The van der Waals surface area contributed by atoms with Crippen molar-refractivity contribution in [3.05, 3.63) is 71.6 Å². The topological polar surface area (TPSA) is 91.3 Å². The lowest BCUT2D eigenvalue weighted by Gasteiger charge is -2.17. The first kappa shape index (κ1) is 19.3. The number of hydrogen-bond donors (Lipinski definition) is 3. The maximum absolute atomic E-state index is 12.2. The highest BCUT2D eigenvalue weighted by atomic mass is 16.5. The van der Waals surface area contributed by atoms with E-state index < -0.39 is 5.91 Å². The molecule has 2 amide bonds. The molecular formula is C20H23N3O3. The van der Waals surface area contributed by atoms with Gasteiger partial charge in [0.2, 0.25) is 5.91 Å². The Morgan fingerprint density at radius 3 is 2.81 bits per heavy atom. The second-order valence-electron chi connectivity index (χ2n) is 5.96. The van der Waals surface area contributed by atoms with E-state index in [4.69, 9.17) is 5.21 Å². The molecule has 2 rings (SSSR count). The van der Waals surface area contributed by atoms with E-state index >= 15 is 0 Å². The van der Waals surface area contributed by atoms with Crippen molar-refractivity contribution in [2.45, 2.75) is 32.2 Å². The zero-order valence-electron chi connectivity index (χ0n) is 14.7. The van der Waals surface area contributed by atoms with E-state index in [1.165, 1.54) is 6.08 Å². The van der Waals surface area contributed by atoms with Gasteiger partial charge < -0.3 is 5.32 Å². The summed E-state index contributed by atoms with van der Waals surface area (Å²) in [4.78, 5) is 27.7. The van der Waals surface area contributed by atoms with Crippen LogP contribution in [0.3, 0.4) is 0 Å². The van der Waals surface area contributed by atoms with Crippen molar-refractivity contribution in [3.8, 4) is 0 Å². The Hall–Kier alpha value is -2.99. The lowest BCUT2D eigenvalue weighted by molar-refractivity contribution is -0.117. The van der Waals surface area contributed by atoms with Gasteiger partial charge in [0.1, 0.15) is 0 Å². The zero-order chi connectivity index (χ0) is 18.8. The molecule has 0 spiro atoms. The second kappa shape index (κ2) is 10.1. The van der Waals surface area contributed by atoms with E-state index in [0.717, 1.165) is 24.0 Å². The largest absolute Gasteiger partial charge is 0.349 e. The van der Waals surface area contributed by atoms with E-state index in [9.17, 15) is 9.59 Å². The molecule has 0 radical (unpaired) electrons. The standard InChI is InChI=1S/C20H23N3O3/c1-2-5-18(13-16-6-3-8-17(12-16)20(25)23-26)22-19(24)10-9-15-7-4-11-21-14-15/h3-4,6-12,14,18,26H,2,5,13H2,1H3,(H,22,24)(H,23,25)/b10-9+. The van der Waals surface area contributed by atoms with Crippen LogP contribution in [0.25, 0.3) is 6.08 Å². The van der Waals surface area contributed by atoms with Gasteiger partial charge in [-0.15, -0.1) is 0 Å². The molecule has 136 valence electrons. The number of aromatic nitrogens is 1. The number of rotatable bonds is 8. The van der Waals surface area contributed by atoms with E-state index in [-0.39, 0.29) is 11.9 Å². The summed E-state index contributed by atoms with van der Waals surface area (Å²) >= 11 is 0. The number of nitrogens with one attached hydrogen (secondary N) is 2. The molecule has 0 saturated carbocycles. The van der Waals surface area contributed by atoms with Gasteiger partial charge in [0.25, 0.3) is 5.91 Å². The molecule has 0 aliphatic rings. The van der Waals surface area contributed by atoms with Crippen molar-refractivity contribution in [3.63, 3.8) is 0 Å². The molecule has 3 N–H and O–H groups in total. The molecule has 0 aliphatic carbocycles. The smallest absolute Gasteiger partial charge is 0.274 e. The molecule has 0 bridgehead atoms. The third kappa shape index (κ3) is 6.14. The maximum atomic E-state index is 12.2. The molecule has 1 aromatic heterocycles. The number of hydrogen-bond acceptors (Lipinski definition) is 4. The Morgan fingerprint density at radius 1 is 1.27 bits per heavy atom. The van der Waals surface area contributed by atoms with Gasteiger partial charge in [-0.2, -0.15) is 0 Å². The van der Waals surface area contributed by atoms with Crippen LogP contribution < -0.4 is 10.8 Å². The third-order valence-electron chi connectivity index (χ3n) is 3.87. The van der Waals surface area contributed by atoms with Gasteiger partial charge in [-0.3, -0.25) is 19.8 Å². The van der Waals surface area contributed by atoms with Crippen molar-refractivity contribution in [2.75, 3.05) is 0 Å². The predicted octanol–water partition coefficient (Wildman–Crippen LogP) is 2.74. The van der Waals surface area contributed by atoms with Gasteiger partial charge in [0.05, 0.1) is 0 Å². The summed E-state index contributed by atoms with van der Waals surface area (Å²) in [6.45, 7) is 2.06. The summed E-state index contributed by atoms with van der Waals surface area (Å²) in [5.74, 6) is -0.723. The molecule has 1 atom stereocenters. The van der Waals surface area contributed by atoms with Crippen molar-refractivity contribution in [1.29, 1.82) is 0 Å². The molecule has 6 nitrogen and oxygen atoms in total. The quantitative estimate of drug-likeness (QED) is 0.387. The summed E-state index contributed by atoms with van der Waals surface area (Å²) in [6, 6.07) is 10.6. The van der Waals surface area contributed by atoms with E-state index in [2.05, 4.69) is 17.2 Å². The lowest BCUT2D eigenvalue weighted by Crippen LogP contribution is -2.35. The first-order valence-electron chi connectivity index (χ1n) is 8.54. The minimum atomic E-state index is -0.553. The number of carbonyl (C=O) groups excluding carboxylic acids is 2. The number of hydroxylamine groups is 1. The lowest BCUT2D eigenvalue weighted by atomic mass is 10.00. The van der Waals surface area contributed by atoms with Crippen LogP contribution >= 0.6 is 0 Å². The maximum Gasteiger partial charge on any atom is 0.274 e. The highest BCUT2D eigenvalue weighted by molar-refractivity contribution is 5.93. The van der Waals surface area contributed by atoms with E-state index in [1.54, 1.807) is 42.1 Å². The Balaban J connectivity index is 2.01. The molecular weight excluding hydrogens is 330 g/mol. The van der Waals surface area contributed by atoms with Crippen molar-refractivity contribution < 1.29 is 14.8 Å². The van der Waals surface area contributed by atoms with Crippen LogP contribution in [0.2, 0.25) is 0 Å². The summed E-state index contributed by atoms with van der Waals surface area (Å²) in [6.07, 6.45) is 8.93. The number of nitrogens with zero attached hydrogens (tertiary/aromatic N) is 1. The van der Waals surface area contributed by atoms with Crippen LogP contribution in [0.15, 0.2) is 54.9 Å². The van der Waals surface area contributed by atoms with Crippen molar-refractivity contribution in [1.82, 2.24) is 15.8 Å². The van der Waals surface area contributed by atoms with Crippen LogP contribution in [0.4, 0.5) is 0 Å². The molecule has 1 unspecified atom stereocenters. The van der Waals surface area contributed by atoms with Gasteiger partial charge in [0.15, 0.2) is 0 Å². The fraction of sp³-hybridized carbons (Fsp3) is 0.250. The van der Waals surface area contributed by atoms with Crippen LogP contribution in [0.1, 0.15) is 41.3 Å². The van der Waals surface area contributed by atoms with Crippen LogP contribution in [0.5, 0.6) is 0 Å². The summed E-state index contributed by atoms with van der Waals surface area (Å²) in [5.41, 5.74) is 3.78. The first-order valence-corrected chi connectivity index (χ1v) is 8.54. The van der Waals surface area contributed by atoms with Crippen LogP contribution in [0, 0.1) is 0 Å². The molecule has 0 fully saturated rings. The van der Waals surface area contributed by atoms with Crippen molar-refractivity contribution in [2.24, 2.45) is 0 Å². The molecule has 0 aliphatic heterocycles. The van der Waals surface area contributed by atoms with Gasteiger partial charge in [-0.1, -0.05) is 31.5 Å². The number of benzene rings is 1. The second-order valence-corrected chi connectivity index (χ2v) is 5.96. The monoisotopic (exact) mass is 353 g/mol. The normalized spacial score (nSPS) is 11.9. The number of pyridine rings is 1. The minimum absolute atomic E-state index is 0.0431. The van der Waals surface area contributed by atoms with Crippen LogP contribution in [-0.2, 0) is 11.2 Å². The zero-order valence-corrected chi connectivity index (χ0v) is 14.7. The SMILES string of the molecule is CCCC(Cc1cccc(C(=O)NO)c1)NC(=O)/C=C/c1cccnc1. The number of carbonyl (C=O) groups is 2. The van der Waals surface area contributed by atoms with E-state index in [1.807, 2.05) is 18.2 Å². The molecule has 26 heavy (non-hydrogen) atoms. The Kier molecular flexibility index (Phi) is 7.51. The first-order chi connectivity index (χ1) is 12.6. The fourth-order valence-corrected chi connectivity index (χ4v) is 2.66. The summed E-state index contributed by atoms with van der Waals surface area (Å²) in [5, 5.41) is 11.8. The third-order valence-corrected chi connectivity index (χ3v) is 3.87. The minimum Gasteiger partial charge on any atom is -0.349 e. The van der Waals surface area contributed by atoms with Gasteiger partial charge in [0, 0.05) is 30.1 Å². The van der Waals surface area contributed by atoms with Gasteiger partial charge >= 0.3 is 0 Å². The molecule has 1 heterocycles. The Morgan fingerprint density at radius 2 is 2.12 bits per heavy atom. The van der Waals surface area contributed by atoms with Crippen LogP contribution in [-0.4, -0.2) is 28.0 Å². The highest BCUT2D eigenvalue weighted by Gasteiger charge is 2.12. The van der Waals surface area contributed by atoms with Crippen molar-refractivity contribution >= 4 is 17.9 Å². The highest BCUT2D eigenvalue weighted by Crippen LogP contribution is 2.11. The molecule has 2 aromatic rings. The molecule has 1 aromatic carbocycles. The van der Waals surface area contributed by atoms with E-state index in [0.29, 0.717) is 12.0 Å². The summed E-state index contributed by atoms with van der Waals surface area (Å²) in [7, 11) is 0. The Labute approximate surface area is 152 Å². The number of amides is 2. The average molecular weight is 353 g/mol. The molecule has 0 saturated heterocycles. The van der Waals surface area contributed by atoms with Gasteiger partial charge in [-0.05, 0) is 48.2 Å². The Bertz CT molecular complexity index is 760. The average Bonchev–Trinajstić information content (AvgIpc) is 2.67. The predicted molar refractivity (Wildman–Crippen MR) is 99.5 cm³/mol. The van der Waals surface area contributed by atoms with Gasteiger partial charge in [-0.25, -0.2) is 5.48 Å². The molecule has 6 heteroatoms. The fourth-order valence-electron chi connectivity index (χ4n) is 2.66.